The van der Waals surface area contributed by atoms with Crippen molar-refractivity contribution in [3.8, 4) is 5.75 Å². The lowest BCUT2D eigenvalue weighted by Crippen LogP contribution is -2.03. The average Bonchev–Trinajstić information content (AvgIpc) is 2.12. The van der Waals surface area contributed by atoms with Crippen LogP contribution in [0, 0.1) is 0 Å². The normalized spacial score (nSPS) is 10.0. The number of hydrogen-bond acceptors (Lipinski definition) is 3. The third kappa shape index (κ3) is 1.87. The molecule has 0 fully saturated rings. The van der Waals surface area contributed by atoms with Crippen LogP contribution in [0.4, 0.5) is 5.69 Å². The van der Waals surface area contributed by atoms with Crippen molar-refractivity contribution in [1.82, 2.24) is 0 Å². The molecule has 0 unspecified atom stereocenters. The van der Waals surface area contributed by atoms with E-state index in [-0.39, 0.29) is 27.9 Å². The molecule has 0 spiro atoms. The number of Topliss-reactive ketones (excluding diaryl/α,β-unsaturated/α-hetero) is 1. The molecular formula is C8H7Cl2NO2. The molecule has 13 heavy (non-hydrogen) atoms. The molecule has 0 aliphatic carbocycles. The third-order valence-corrected chi connectivity index (χ3v) is 2.20. The summed E-state index contributed by atoms with van der Waals surface area (Å²) in [4.78, 5) is 11.2. The van der Waals surface area contributed by atoms with Crippen LogP contribution in [0.25, 0.3) is 0 Å². The Bertz CT molecular complexity index is 352. The van der Waals surface area contributed by atoms with Gasteiger partial charge in [-0.2, -0.15) is 0 Å². The maximum Gasteiger partial charge on any atom is 0.182 e. The second kappa shape index (κ2) is 3.85. The number of anilines is 1. The van der Waals surface area contributed by atoms with E-state index in [9.17, 15) is 9.90 Å². The summed E-state index contributed by atoms with van der Waals surface area (Å²) >= 11 is 11.0. The van der Waals surface area contributed by atoms with E-state index in [1.54, 1.807) is 0 Å². The summed E-state index contributed by atoms with van der Waals surface area (Å²) in [6, 6.07) is 2.73. The number of carbonyl (C=O) groups is 1. The predicted octanol–water partition coefficient (Wildman–Crippen LogP) is 2.05. The fourth-order valence-corrected chi connectivity index (χ4v) is 1.31. The highest BCUT2D eigenvalue weighted by Crippen LogP contribution is 2.31. The predicted molar refractivity (Wildman–Crippen MR) is 52.6 cm³/mol. The molecule has 0 radical (unpaired) electrons. The molecule has 1 rings (SSSR count). The lowest BCUT2D eigenvalue weighted by molar-refractivity contribution is 0.101. The number of benzene rings is 1. The second-order valence-corrected chi connectivity index (χ2v) is 3.06. The lowest BCUT2D eigenvalue weighted by Gasteiger charge is -2.05. The van der Waals surface area contributed by atoms with Gasteiger partial charge in [-0.05, 0) is 12.1 Å². The molecule has 70 valence electrons. The van der Waals surface area contributed by atoms with Gasteiger partial charge in [0.05, 0.1) is 22.2 Å². The molecule has 1 aromatic carbocycles. The van der Waals surface area contributed by atoms with Crippen molar-refractivity contribution in [1.29, 1.82) is 0 Å². The van der Waals surface area contributed by atoms with E-state index in [1.807, 2.05) is 0 Å². The maximum absolute atomic E-state index is 11.2. The van der Waals surface area contributed by atoms with Crippen LogP contribution in [0.2, 0.25) is 5.02 Å². The molecule has 0 aliphatic rings. The monoisotopic (exact) mass is 219 g/mol. The van der Waals surface area contributed by atoms with Crippen LogP contribution >= 0.6 is 23.2 Å². The molecule has 5 heteroatoms. The molecule has 0 amide bonds. The fourth-order valence-electron chi connectivity index (χ4n) is 0.914. The first-order valence-electron chi connectivity index (χ1n) is 3.44. The van der Waals surface area contributed by atoms with Gasteiger partial charge >= 0.3 is 0 Å². The van der Waals surface area contributed by atoms with E-state index < -0.39 is 5.78 Å². The van der Waals surface area contributed by atoms with Crippen molar-refractivity contribution in [2.45, 2.75) is 0 Å². The molecule has 0 heterocycles. The minimum Gasteiger partial charge on any atom is -0.507 e. The Morgan fingerprint density at radius 3 is 2.69 bits per heavy atom. The fraction of sp³-hybridized carbons (Fsp3) is 0.125. The number of halogens is 2. The molecule has 1 aromatic rings. The summed E-state index contributed by atoms with van der Waals surface area (Å²) < 4.78 is 0. The summed E-state index contributed by atoms with van der Waals surface area (Å²) in [6.45, 7) is 0. The summed E-state index contributed by atoms with van der Waals surface area (Å²) in [5, 5.41) is 9.34. The Balaban J connectivity index is 3.33. The molecule has 0 saturated carbocycles. The number of phenols is 1. The molecule has 0 saturated heterocycles. The van der Waals surface area contributed by atoms with Gasteiger partial charge in [-0.1, -0.05) is 11.6 Å². The first kappa shape index (κ1) is 10.2. The van der Waals surface area contributed by atoms with Gasteiger partial charge < -0.3 is 10.8 Å². The van der Waals surface area contributed by atoms with Gasteiger partial charge in [0, 0.05) is 0 Å². The van der Waals surface area contributed by atoms with Crippen LogP contribution in [0.3, 0.4) is 0 Å². The number of alkyl halides is 1. The highest BCUT2D eigenvalue weighted by atomic mass is 35.5. The number of rotatable bonds is 2. The van der Waals surface area contributed by atoms with E-state index in [4.69, 9.17) is 28.9 Å². The third-order valence-electron chi connectivity index (χ3n) is 1.55. The van der Waals surface area contributed by atoms with Crippen LogP contribution < -0.4 is 5.73 Å². The Morgan fingerprint density at radius 2 is 2.15 bits per heavy atom. The summed E-state index contributed by atoms with van der Waals surface area (Å²) in [5.74, 6) is -0.891. The second-order valence-electron chi connectivity index (χ2n) is 2.42. The molecule has 3 nitrogen and oxygen atoms in total. The highest BCUT2D eigenvalue weighted by molar-refractivity contribution is 6.39. The topological polar surface area (TPSA) is 63.3 Å². The van der Waals surface area contributed by atoms with E-state index >= 15 is 0 Å². The number of nitrogens with two attached hydrogens (primary N) is 1. The average molecular weight is 220 g/mol. The SMILES string of the molecule is Nc1ccc(O)c(C(=O)CCl)c1Cl. The number of ketones is 1. The molecular weight excluding hydrogens is 213 g/mol. The zero-order chi connectivity index (χ0) is 10.0. The van der Waals surface area contributed by atoms with Crippen molar-refractivity contribution < 1.29 is 9.90 Å². The molecule has 0 bridgehead atoms. The largest absolute Gasteiger partial charge is 0.507 e. The molecule has 3 N–H and O–H groups in total. The van der Waals surface area contributed by atoms with Crippen molar-refractivity contribution in [3.63, 3.8) is 0 Å². The number of phenolic OH excluding ortho intramolecular Hbond substituents is 1. The van der Waals surface area contributed by atoms with Gasteiger partial charge in [-0.15, -0.1) is 11.6 Å². The molecule has 0 aliphatic heterocycles. The standard InChI is InChI=1S/C8H7Cl2NO2/c9-3-6(13)7-5(12)2-1-4(11)8(7)10/h1-2,12H,3,11H2. The zero-order valence-corrected chi connectivity index (χ0v) is 8.06. The van der Waals surface area contributed by atoms with Crippen LogP contribution in [-0.2, 0) is 0 Å². The summed E-state index contributed by atoms with van der Waals surface area (Å²) in [6.07, 6.45) is 0. The van der Waals surface area contributed by atoms with Crippen LogP contribution in [0.1, 0.15) is 10.4 Å². The minimum absolute atomic E-state index is 0.0170. The van der Waals surface area contributed by atoms with E-state index in [0.717, 1.165) is 0 Å². The van der Waals surface area contributed by atoms with Gasteiger partial charge in [0.15, 0.2) is 5.78 Å². The molecule has 0 atom stereocenters. The Morgan fingerprint density at radius 1 is 1.54 bits per heavy atom. The van der Waals surface area contributed by atoms with Gasteiger partial charge in [0.1, 0.15) is 5.75 Å². The van der Waals surface area contributed by atoms with Crippen molar-refractivity contribution in [2.24, 2.45) is 0 Å². The van der Waals surface area contributed by atoms with Crippen molar-refractivity contribution >= 4 is 34.7 Å². The number of carbonyl (C=O) groups excluding carboxylic acids is 1. The summed E-state index contributed by atoms with van der Waals surface area (Å²) in [5.41, 5.74) is 5.67. The van der Waals surface area contributed by atoms with Gasteiger partial charge in [-0.3, -0.25) is 4.79 Å². The Labute approximate surface area is 85.1 Å². The quantitative estimate of drug-likeness (QED) is 0.347. The minimum atomic E-state index is -0.448. The van der Waals surface area contributed by atoms with Crippen molar-refractivity contribution in [2.75, 3.05) is 11.6 Å². The number of hydrogen-bond donors (Lipinski definition) is 2. The molecule has 0 aromatic heterocycles. The summed E-state index contributed by atoms with van der Waals surface area (Å²) in [7, 11) is 0. The first-order chi connectivity index (χ1) is 6.07. The number of aromatic hydroxyl groups is 1. The van der Waals surface area contributed by atoms with Crippen molar-refractivity contribution in [3.05, 3.63) is 22.7 Å². The number of nitrogen functional groups attached to an aromatic ring is 1. The highest BCUT2D eigenvalue weighted by Gasteiger charge is 2.16. The van der Waals surface area contributed by atoms with Gasteiger partial charge in [0.2, 0.25) is 0 Å². The Kier molecular flexibility index (Phi) is 3.01. The van der Waals surface area contributed by atoms with Crippen LogP contribution in [0.15, 0.2) is 12.1 Å². The van der Waals surface area contributed by atoms with Gasteiger partial charge in [-0.25, -0.2) is 0 Å². The van der Waals surface area contributed by atoms with E-state index in [0.29, 0.717) is 0 Å². The Hall–Kier alpha value is -0.930. The van der Waals surface area contributed by atoms with Crippen LogP contribution in [-0.4, -0.2) is 16.8 Å². The van der Waals surface area contributed by atoms with E-state index in [2.05, 4.69) is 0 Å². The van der Waals surface area contributed by atoms with Crippen LogP contribution in [0.5, 0.6) is 5.75 Å². The van der Waals surface area contributed by atoms with E-state index in [1.165, 1.54) is 12.1 Å². The lowest BCUT2D eigenvalue weighted by atomic mass is 10.1. The maximum atomic E-state index is 11.2. The smallest absolute Gasteiger partial charge is 0.182 e. The van der Waals surface area contributed by atoms with Gasteiger partial charge in [0.25, 0.3) is 0 Å². The first-order valence-corrected chi connectivity index (χ1v) is 4.35. The zero-order valence-electron chi connectivity index (χ0n) is 6.55.